The first-order chi connectivity index (χ1) is 8.27. The van der Waals surface area contributed by atoms with E-state index in [-0.39, 0.29) is 11.6 Å². The molecule has 5 nitrogen and oxygen atoms in total. The molecule has 2 heterocycles. The molecule has 0 bridgehead atoms. The molecule has 0 aliphatic heterocycles. The van der Waals surface area contributed by atoms with Crippen molar-refractivity contribution in [3.05, 3.63) is 29.3 Å². The predicted molar refractivity (Wildman–Crippen MR) is 58.0 cm³/mol. The highest BCUT2D eigenvalue weighted by Crippen LogP contribution is 2.27. The number of anilines is 1. The van der Waals surface area contributed by atoms with Crippen LogP contribution in [0.3, 0.4) is 0 Å². The average molecular weight is 257 g/mol. The molecule has 0 radical (unpaired) electrons. The van der Waals surface area contributed by atoms with Gasteiger partial charge in [-0.1, -0.05) is 0 Å². The first-order valence-electron chi connectivity index (χ1n) is 5.03. The van der Waals surface area contributed by atoms with Crippen LogP contribution in [-0.2, 0) is 6.18 Å². The Labute approximate surface area is 100 Å². The van der Waals surface area contributed by atoms with E-state index >= 15 is 0 Å². The lowest BCUT2D eigenvalue weighted by molar-refractivity contribution is -0.144. The lowest BCUT2D eigenvalue weighted by Gasteiger charge is -2.09. The van der Waals surface area contributed by atoms with Crippen LogP contribution in [-0.4, -0.2) is 19.7 Å². The molecule has 2 N–H and O–H groups in total. The number of nitrogens with zero attached hydrogens (tertiary/aromatic N) is 4. The minimum Gasteiger partial charge on any atom is -0.384 e. The Hall–Kier alpha value is -2.12. The van der Waals surface area contributed by atoms with Crippen molar-refractivity contribution in [3.8, 4) is 5.82 Å². The van der Waals surface area contributed by atoms with Crippen molar-refractivity contribution in [2.75, 3.05) is 5.73 Å². The summed E-state index contributed by atoms with van der Waals surface area (Å²) in [5.74, 6) is -1.52. The highest BCUT2D eigenvalue weighted by Gasteiger charge is 2.35. The third kappa shape index (κ3) is 2.27. The number of nitrogens with two attached hydrogens (primary N) is 1. The van der Waals surface area contributed by atoms with Gasteiger partial charge in [-0.25, -0.2) is 14.6 Å². The van der Waals surface area contributed by atoms with Gasteiger partial charge in [0.25, 0.3) is 0 Å². The SMILES string of the molecule is Cc1cc(C)n(-c2cc(N)nc(C(F)(F)F)n2)n1. The van der Waals surface area contributed by atoms with Gasteiger partial charge in [0, 0.05) is 11.8 Å². The molecule has 0 aliphatic carbocycles. The molecule has 0 aliphatic rings. The van der Waals surface area contributed by atoms with Crippen molar-refractivity contribution in [2.45, 2.75) is 20.0 Å². The Kier molecular flexibility index (Phi) is 2.72. The Bertz CT molecular complexity index is 588. The summed E-state index contributed by atoms with van der Waals surface area (Å²) in [7, 11) is 0. The molecule has 18 heavy (non-hydrogen) atoms. The zero-order chi connectivity index (χ0) is 13.5. The minimum absolute atomic E-state index is 0.000394. The quantitative estimate of drug-likeness (QED) is 0.846. The van der Waals surface area contributed by atoms with E-state index in [1.807, 2.05) is 0 Å². The Morgan fingerprint density at radius 3 is 2.33 bits per heavy atom. The van der Waals surface area contributed by atoms with Crippen LogP contribution < -0.4 is 5.73 Å². The van der Waals surface area contributed by atoms with E-state index in [0.717, 1.165) is 0 Å². The van der Waals surface area contributed by atoms with Gasteiger partial charge in [0.1, 0.15) is 5.82 Å². The maximum atomic E-state index is 12.6. The Morgan fingerprint density at radius 1 is 1.17 bits per heavy atom. The van der Waals surface area contributed by atoms with Crippen LogP contribution in [0.4, 0.5) is 19.0 Å². The number of aryl methyl sites for hydroxylation is 2. The third-order valence-electron chi connectivity index (χ3n) is 2.21. The number of alkyl halides is 3. The van der Waals surface area contributed by atoms with Gasteiger partial charge in [-0.15, -0.1) is 0 Å². The summed E-state index contributed by atoms with van der Waals surface area (Å²) in [6.45, 7) is 3.45. The molecule has 2 rings (SSSR count). The van der Waals surface area contributed by atoms with Crippen LogP contribution in [0.2, 0.25) is 0 Å². The maximum absolute atomic E-state index is 12.6. The monoisotopic (exact) mass is 257 g/mol. The lowest BCUT2D eigenvalue weighted by Crippen LogP contribution is -2.15. The molecule has 0 fully saturated rings. The van der Waals surface area contributed by atoms with Crippen LogP contribution in [0, 0.1) is 13.8 Å². The number of rotatable bonds is 1. The van der Waals surface area contributed by atoms with Gasteiger partial charge in [-0.2, -0.15) is 18.3 Å². The second-order valence-electron chi connectivity index (χ2n) is 3.81. The van der Waals surface area contributed by atoms with Crippen molar-refractivity contribution in [3.63, 3.8) is 0 Å². The molecular weight excluding hydrogens is 247 g/mol. The summed E-state index contributed by atoms with van der Waals surface area (Å²) >= 11 is 0. The molecule has 0 saturated carbocycles. The molecule has 0 atom stereocenters. The van der Waals surface area contributed by atoms with Gasteiger partial charge >= 0.3 is 6.18 Å². The zero-order valence-electron chi connectivity index (χ0n) is 9.65. The fourth-order valence-corrected chi connectivity index (χ4v) is 1.55. The van der Waals surface area contributed by atoms with E-state index in [2.05, 4.69) is 15.1 Å². The van der Waals surface area contributed by atoms with Crippen molar-refractivity contribution >= 4 is 5.82 Å². The van der Waals surface area contributed by atoms with E-state index in [1.54, 1.807) is 19.9 Å². The topological polar surface area (TPSA) is 69.6 Å². The summed E-state index contributed by atoms with van der Waals surface area (Å²) in [5, 5.41) is 4.05. The Balaban J connectivity index is 2.59. The molecule has 2 aromatic rings. The van der Waals surface area contributed by atoms with Gasteiger partial charge in [0.05, 0.1) is 5.69 Å². The van der Waals surface area contributed by atoms with Crippen LogP contribution in [0.25, 0.3) is 5.82 Å². The smallest absolute Gasteiger partial charge is 0.384 e. The van der Waals surface area contributed by atoms with E-state index in [1.165, 1.54) is 10.7 Å². The molecule has 0 saturated heterocycles. The lowest BCUT2D eigenvalue weighted by atomic mass is 10.4. The fraction of sp³-hybridized carbons (Fsp3) is 0.300. The molecule has 8 heteroatoms. The van der Waals surface area contributed by atoms with Crippen LogP contribution in [0.5, 0.6) is 0 Å². The van der Waals surface area contributed by atoms with Crippen LogP contribution in [0.15, 0.2) is 12.1 Å². The summed E-state index contributed by atoms with van der Waals surface area (Å²) < 4.78 is 39.0. The van der Waals surface area contributed by atoms with Gasteiger partial charge < -0.3 is 5.73 Å². The summed E-state index contributed by atoms with van der Waals surface area (Å²) in [5.41, 5.74) is 6.70. The first-order valence-corrected chi connectivity index (χ1v) is 5.03. The second-order valence-corrected chi connectivity index (χ2v) is 3.81. The van der Waals surface area contributed by atoms with Crippen molar-refractivity contribution in [1.29, 1.82) is 0 Å². The maximum Gasteiger partial charge on any atom is 0.451 e. The fourth-order valence-electron chi connectivity index (χ4n) is 1.55. The highest BCUT2D eigenvalue weighted by atomic mass is 19.4. The molecule has 0 aromatic carbocycles. The summed E-state index contributed by atoms with van der Waals surface area (Å²) in [6.07, 6.45) is -4.64. The van der Waals surface area contributed by atoms with E-state index in [9.17, 15) is 13.2 Å². The van der Waals surface area contributed by atoms with Gasteiger partial charge in [-0.3, -0.25) is 0 Å². The zero-order valence-corrected chi connectivity index (χ0v) is 9.65. The van der Waals surface area contributed by atoms with Gasteiger partial charge in [0.2, 0.25) is 5.82 Å². The van der Waals surface area contributed by atoms with E-state index in [4.69, 9.17) is 5.73 Å². The number of hydrogen-bond donors (Lipinski definition) is 1. The van der Waals surface area contributed by atoms with E-state index < -0.39 is 12.0 Å². The largest absolute Gasteiger partial charge is 0.451 e. The number of halogens is 3. The number of nitrogen functional groups attached to an aromatic ring is 1. The van der Waals surface area contributed by atoms with Crippen LogP contribution in [0.1, 0.15) is 17.2 Å². The van der Waals surface area contributed by atoms with Crippen molar-refractivity contribution in [1.82, 2.24) is 19.7 Å². The molecular formula is C10H10F3N5. The normalized spacial score (nSPS) is 11.8. The van der Waals surface area contributed by atoms with Crippen LogP contribution >= 0.6 is 0 Å². The molecule has 0 amide bonds. The molecule has 96 valence electrons. The predicted octanol–water partition coefficient (Wildman–Crippen LogP) is 1.88. The van der Waals surface area contributed by atoms with E-state index in [0.29, 0.717) is 11.4 Å². The number of hydrogen-bond acceptors (Lipinski definition) is 4. The van der Waals surface area contributed by atoms with Crippen molar-refractivity contribution < 1.29 is 13.2 Å². The first kappa shape index (κ1) is 12.3. The Morgan fingerprint density at radius 2 is 1.83 bits per heavy atom. The van der Waals surface area contributed by atoms with Crippen molar-refractivity contribution in [2.24, 2.45) is 0 Å². The molecule has 0 spiro atoms. The minimum atomic E-state index is -4.64. The van der Waals surface area contributed by atoms with Gasteiger partial charge in [-0.05, 0) is 19.9 Å². The molecule has 0 unspecified atom stereocenters. The summed E-state index contributed by atoms with van der Waals surface area (Å²) in [6, 6.07) is 2.97. The second kappa shape index (κ2) is 3.97. The van der Waals surface area contributed by atoms with Gasteiger partial charge in [0.15, 0.2) is 5.82 Å². The average Bonchev–Trinajstić information content (AvgIpc) is 2.55. The standard InChI is InChI=1S/C10H10F3N5/c1-5-3-6(2)18(17-5)8-4-7(14)15-9(16-8)10(11,12)13/h3-4H,1-2H3,(H2,14,15,16). The molecule has 2 aromatic heterocycles. The highest BCUT2D eigenvalue weighted by molar-refractivity contribution is 5.38. The number of aromatic nitrogens is 4. The third-order valence-corrected chi connectivity index (χ3v) is 2.21. The summed E-state index contributed by atoms with van der Waals surface area (Å²) in [4.78, 5) is 6.60.